The fraction of sp³-hybridized carbons (Fsp3) is 0.160. The number of para-hydroxylation sites is 1. The average molecular weight is 471 g/mol. The Labute approximate surface area is 198 Å². The molecule has 0 amide bonds. The van der Waals surface area contributed by atoms with Crippen LogP contribution in [0.5, 0.6) is 0 Å². The van der Waals surface area contributed by atoms with Crippen molar-refractivity contribution in [3.63, 3.8) is 0 Å². The van der Waals surface area contributed by atoms with E-state index in [9.17, 15) is 19.2 Å². The summed E-state index contributed by atoms with van der Waals surface area (Å²) >= 11 is 0. The molecule has 0 spiro atoms. The third-order valence-electron chi connectivity index (χ3n) is 5.93. The number of aromatic nitrogens is 5. The van der Waals surface area contributed by atoms with Gasteiger partial charge in [-0.15, -0.1) is 0 Å². The van der Waals surface area contributed by atoms with Gasteiger partial charge in [0.05, 0.1) is 17.6 Å². The third-order valence-corrected chi connectivity index (χ3v) is 5.93. The Balaban J connectivity index is 1.40. The van der Waals surface area contributed by atoms with Gasteiger partial charge in [-0.1, -0.05) is 48.5 Å². The number of fused-ring (bicyclic) bond motifs is 2. The van der Waals surface area contributed by atoms with Crippen LogP contribution in [0.25, 0.3) is 33.3 Å². The van der Waals surface area contributed by atoms with Crippen LogP contribution in [0.15, 0.2) is 70.5 Å². The first kappa shape index (κ1) is 22.1. The molecule has 0 aliphatic carbocycles. The summed E-state index contributed by atoms with van der Waals surface area (Å²) in [6.45, 7) is -0.805. The normalized spacial score (nSPS) is 11.3. The highest BCUT2D eigenvalue weighted by molar-refractivity contribution is 6.14. The number of ketones is 1. The standard InChI is InChI=1S/C25H21N5O5/c1-28-23-22(24(33)29(2)25(28)34)30(14-26-23)12-19(32)35-13-18(31)20-16-10-6-7-11-17(16)27-21(20)15-8-4-3-5-9-15/h3-11,14,27H,12-13H2,1-2H3. The molecule has 0 unspecified atom stereocenters. The number of hydrogen-bond donors (Lipinski definition) is 1. The average Bonchev–Trinajstić information content (AvgIpc) is 3.47. The van der Waals surface area contributed by atoms with Gasteiger partial charge in [0.25, 0.3) is 5.56 Å². The predicted octanol–water partition coefficient (Wildman–Crippen LogP) is 2.01. The van der Waals surface area contributed by atoms with Crippen LogP contribution in [0.4, 0.5) is 0 Å². The number of rotatable bonds is 6. The van der Waals surface area contributed by atoms with E-state index in [0.717, 1.165) is 21.0 Å². The van der Waals surface area contributed by atoms with E-state index in [-0.39, 0.29) is 23.5 Å². The first-order valence-electron chi connectivity index (χ1n) is 10.8. The van der Waals surface area contributed by atoms with Crippen molar-refractivity contribution in [2.45, 2.75) is 6.54 Å². The molecule has 0 atom stereocenters. The van der Waals surface area contributed by atoms with Crippen LogP contribution in [0.1, 0.15) is 10.4 Å². The molecule has 3 aromatic heterocycles. The minimum absolute atomic E-state index is 0.0980. The summed E-state index contributed by atoms with van der Waals surface area (Å²) in [4.78, 5) is 57.8. The van der Waals surface area contributed by atoms with Gasteiger partial charge in [0.2, 0.25) is 5.78 Å². The van der Waals surface area contributed by atoms with E-state index in [1.807, 2.05) is 54.6 Å². The molecule has 5 aromatic rings. The molecule has 1 N–H and O–H groups in total. The number of nitrogens with one attached hydrogen (secondary N) is 1. The number of benzene rings is 2. The van der Waals surface area contributed by atoms with Crippen LogP contribution in [-0.4, -0.2) is 42.0 Å². The lowest BCUT2D eigenvalue weighted by Gasteiger charge is -2.08. The van der Waals surface area contributed by atoms with Crippen molar-refractivity contribution in [1.29, 1.82) is 0 Å². The Morgan fingerprint density at radius 3 is 2.46 bits per heavy atom. The molecule has 0 saturated heterocycles. The van der Waals surface area contributed by atoms with Crippen LogP contribution in [0.3, 0.4) is 0 Å². The number of imidazole rings is 1. The van der Waals surface area contributed by atoms with Crippen molar-refractivity contribution in [2.75, 3.05) is 6.61 Å². The van der Waals surface area contributed by atoms with Crippen LogP contribution in [-0.2, 0) is 30.2 Å². The van der Waals surface area contributed by atoms with Gasteiger partial charge >= 0.3 is 11.7 Å². The maximum absolute atomic E-state index is 13.2. The molecule has 0 aliphatic heterocycles. The van der Waals surface area contributed by atoms with Gasteiger partial charge in [-0.3, -0.25) is 23.5 Å². The Bertz CT molecular complexity index is 1720. The zero-order chi connectivity index (χ0) is 24.7. The first-order valence-corrected chi connectivity index (χ1v) is 10.8. The molecule has 35 heavy (non-hydrogen) atoms. The van der Waals surface area contributed by atoms with Gasteiger partial charge in [-0.25, -0.2) is 9.78 Å². The molecule has 5 rings (SSSR count). The molecule has 176 valence electrons. The molecule has 10 nitrogen and oxygen atoms in total. The fourth-order valence-electron chi connectivity index (χ4n) is 4.17. The maximum Gasteiger partial charge on any atom is 0.332 e. The Morgan fingerprint density at radius 1 is 0.971 bits per heavy atom. The fourth-order valence-corrected chi connectivity index (χ4v) is 4.17. The number of aromatic amines is 1. The first-order chi connectivity index (χ1) is 16.9. The van der Waals surface area contributed by atoms with E-state index in [1.165, 1.54) is 29.6 Å². The maximum atomic E-state index is 13.2. The topological polar surface area (TPSA) is 121 Å². The molecule has 2 aromatic carbocycles. The quantitative estimate of drug-likeness (QED) is 0.299. The second kappa shape index (κ2) is 8.56. The SMILES string of the molecule is Cn1c(=O)c2c(ncn2CC(=O)OCC(=O)c2c(-c3ccccc3)[nH]c3ccccc23)n(C)c1=O. The molecular formula is C25H21N5O5. The van der Waals surface area contributed by atoms with Gasteiger partial charge in [0, 0.05) is 25.0 Å². The summed E-state index contributed by atoms with van der Waals surface area (Å²) in [5.41, 5.74) is 1.89. The minimum atomic E-state index is -0.713. The van der Waals surface area contributed by atoms with Gasteiger partial charge in [-0.2, -0.15) is 0 Å². The molecule has 0 saturated carbocycles. The number of Topliss-reactive ketones (excluding diaryl/α,β-unsaturated/α-hetero) is 1. The number of carbonyl (C=O) groups excluding carboxylic acids is 2. The monoisotopic (exact) mass is 471 g/mol. The van der Waals surface area contributed by atoms with Gasteiger partial charge in [0.1, 0.15) is 6.54 Å². The van der Waals surface area contributed by atoms with Crippen molar-refractivity contribution in [3.8, 4) is 11.3 Å². The van der Waals surface area contributed by atoms with E-state index >= 15 is 0 Å². The number of nitrogens with zero attached hydrogens (tertiary/aromatic N) is 4. The van der Waals surface area contributed by atoms with Crippen molar-refractivity contribution < 1.29 is 14.3 Å². The molecule has 0 radical (unpaired) electrons. The minimum Gasteiger partial charge on any atom is -0.456 e. The summed E-state index contributed by atoms with van der Waals surface area (Å²) < 4.78 is 8.76. The predicted molar refractivity (Wildman–Crippen MR) is 129 cm³/mol. The molecule has 0 bridgehead atoms. The Kier molecular flexibility index (Phi) is 5.40. The summed E-state index contributed by atoms with van der Waals surface area (Å²) in [5.74, 6) is -1.07. The van der Waals surface area contributed by atoms with E-state index in [2.05, 4.69) is 9.97 Å². The molecule has 0 aliphatic rings. The summed E-state index contributed by atoms with van der Waals surface area (Å²) in [5, 5.41) is 0.734. The molecule has 3 heterocycles. The number of hydrogen-bond acceptors (Lipinski definition) is 6. The lowest BCUT2D eigenvalue weighted by molar-refractivity contribution is -0.143. The molecule has 0 fully saturated rings. The van der Waals surface area contributed by atoms with Gasteiger partial charge in [0.15, 0.2) is 17.8 Å². The largest absolute Gasteiger partial charge is 0.456 e. The highest BCUT2D eigenvalue weighted by Crippen LogP contribution is 2.30. The zero-order valence-corrected chi connectivity index (χ0v) is 19.0. The van der Waals surface area contributed by atoms with Crippen LogP contribution >= 0.6 is 0 Å². The summed E-state index contributed by atoms with van der Waals surface area (Å²) in [6.07, 6.45) is 1.29. The molecule has 10 heteroatoms. The van der Waals surface area contributed by atoms with Crippen LogP contribution < -0.4 is 11.2 Å². The summed E-state index contributed by atoms with van der Waals surface area (Å²) in [7, 11) is 2.84. The van der Waals surface area contributed by atoms with E-state index in [0.29, 0.717) is 11.3 Å². The van der Waals surface area contributed by atoms with E-state index in [4.69, 9.17) is 4.74 Å². The number of carbonyl (C=O) groups is 2. The van der Waals surface area contributed by atoms with E-state index < -0.39 is 23.8 Å². The smallest absolute Gasteiger partial charge is 0.332 e. The van der Waals surface area contributed by atoms with Crippen molar-refractivity contribution in [3.05, 3.63) is 87.3 Å². The zero-order valence-electron chi connectivity index (χ0n) is 19.0. The number of ether oxygens (including phenoxy) is 1. The van der Waals surface area contributed by atoms with Crippen LogP contribution in [0.2, 0.25) is 0 Å². The lowest BCUT2D eigenvalue weighted by atomic mass is 10.0. The lowest BCUT2D eigenvalue weighted by Crippen LogP contribution is -2.37. The Hall–Kier alpha value is -4.73. The number of aryl methyl sites for hydroxylation is 1. The second-order valence-corrected chi connectivity index (χ2v) is 8.12. The van der Waals surface area contributed by atoms with E-state index in [1.54, 1.807) is 0 Å². The summed E-state index contributed by atoms with van der Waals surface area (Å²) in [6, 6.07) is 16.9. The highest BCUT2D eigenvalue weighted by atomic mass is 16.5. The number of esters is 1. The van der Waals surface area contributed by atoms with Crippen molar-refractivity contribution in [2.24, 2.45) is 14.1 Å². The molecular weight excluding hydrogens is 450 g/mol. The number of H-pyrrole nitrogens is 1. The van der Waals surface area contributed by atoms with Gasteiger partial charge < -0.3 is 14.3 Å². The third kappa shape index (κ3) is 3.74. The highest BCUT2D eigenvalue weighted by Gasteiger charge is 2.22. The second-order valence-electron chi connectivity index (χ2n) is 8.12. The van der Waals surface area contributed by atoms with Crippen molar-refractivity contribution in [1.82, 2.24) is 23.7 Å². The van der Waals surface area contributed by atoms with Crippen molar-refractivity contribution >= 4 is 33.8 Å². The Morgan fingerprint density at radius 2 is 1.69 bits per heavy atom. The van der Waals surface area contributed by atoms with Crippen LogP contribution in [0, 0.1) is 0 Å². The van der Waals surface area contributed by atoms with Gasteiger partial charge in [-0.05, 0) is 11.6 Å².